The van der Waals surface area contributed by atoms with Crippen LogP contribution in [-0.2, 0) is 0 Å². The summed E-state index contributed by atoms with van der Waals surface area (Å²) in [6, 6.07) is 22.0. The van der Waals surface area contributed by atoms with Crippen LogP contribution < -0.4 is 10.5 Å². The van der Waals surface area contributed by atoms with Gasteiger partial charge in [-0.25, -0.2) is 4.98 Å². The van der Waals surface area contributed by atoms with E-state index >= 15 is 0 Å². The van der Waals surface area contributed by atoms with Crippen LogP contribution in [0.2, 0.25) is 0 Å². The lowest BCUT2D eigenvalue weighted by atomic mass is 9.89. The summed E-state index contributed by atoms with van der Waals surface area (Å²) in [6.07, 6.45) is 0. The largest absolute Gasteiger partial charge is 0.421 e. The Morgan fingerprint density at radius 3 is 2.38 bits per heavy atom. The fraction of sp³-hybridized carbons (Fsp3) is 0.0526. The Morgan fingerprint density at radius 1 is 1.04 bits per heavy atom. The molecule has 0 radical (unpaired) electrons. The Hall–Kier alpha value is -3.10. The smallest absolute Gasteiger partial charge is 0.236 e. The summed E-state index contributed by atoms with van der Waals surface area (Å²) in [4.78, 5) is 5.50. The maximum absolute atomic E-state index is 9.56. The van der Waals surface area contributed by atoms with Gasteiger partial charge in [-0.1, -0.05) is 60.7 Å². The van der Waals surface area contributed by atoms with Gasteiger partial charge in [-0.3, -0.25) is 0 Å². The second kappa shape index (κ2) is 5.84. The van der Waals surface area contributed by atoms with Gasteiger partial charge in [0.1, 0.15) is 16.6 Å². The molecule has 0 spiro atoms. The first-order valence-electron chi connectivity index (χ1n) is 7.46. The van der Waals surface area contributed by atoms with E-state index in [2.05, 4.69) is 11.1 Å². The zero-order valence-electron chi connectivity index (χ0n) is 12.6. The maximum atomic E-state index is 9.56. The molecule has 1 atom stereocenters. The molecule has 1 aliphatic rings. The molecule has 24 heavy (non-hydrogen) atoms. The van der Waals surface area contributed by atoms with E-state index in [4.69, 9.17) is 10.5 Å². The van der Waals surface area contributed by atoms with Crippen molar-refractivity contribution in [3.8, 4) is 22.5 Å². The van der Waals surface area contributed by atoms with Crippen molar-refractivity contribution in [1.29, 1.82) is 5.26 Å². The molecule has 0 saturated carbocycles. The molecule has 0 saturated heterocycles. The quantitative estimate of drug-likeness (QED) is 0.769. The molecule has 4 nitrogen and oxygen atoms in total. The van der Waals surface area contributed by atoms with Crippen LogP contribution >= 0.6 is 11.3 Å². The third-order valence-corrected chi connectivity index (χ3v) is 5.07. The van der Waals surface area contributed by atoms with Crippen LogP contribution in [-0.4, -0.2) is 4.98 Å². The van der Waals surface area contributed by atoms with E-state index < -0.39 is 0 Å². The number of benzene rings is 2. The highest BCUT2D eigenvalue weighted by Crippen LogP contribution is 2.46. The minimum atomic E-state index is -0.241. The number of fused-ring (bicyclic) bond motifs is 1. The molecule has 0 amide bonds. The average molecular weight is 331 g/mol. The molecule has 1 unspecified atom stereocenters. The van der Waals surface area contributed by atoms with Crippen molar-refractivity contribution < 1.29 is 4.74 Å². The van der Waals surface area contributed by atoms with Crippen molar-refractivity contribution in [2.24, 2.45) is 5.73 Å². The average Bonchev–Trinajstić information content (AvgIpc) is 3.05. The highest BCUT2D eigenvalue weighted by atomic mass is 32.1. The highest BCUT2D eigenvalue weighted by Gasteiger charge is 2.34. The molecule has 1 aromatic heterocycles. The maximum Gasteiger partial charge on any atom is 0.236 e. The van der Waals surface area contributed by atoms with Gasteiger partial charge in [0.25, 0.3) is 0 Å². The van der Waals surface area contributed by atoms with Crippen molar-refractivity contribution in [2.45, 2.75) is 5.92 Å². The number of aromatic nitrogens is 1. The van der Waals surface area contributed by atoms with Crippen LogP contribution in [0.5, 0.6) is 5.88 Å². The van der Waals surface area contributed by atoms with E-state index in [1.807, 2.05) is 60.7 Å². The van der Waals surface area contributed by atoms with Gasteiger partial charge < -0.3 is 10.5 Å². The lowest BCUT2D eigenvalue weighted by molar-refractivity contribution is 0.383. The number of hydrogen-bond donors (Lipinski definition) is 1. The normalized spacial score (nSPS) is 16.2. The third-order valence-electron chi connectivity index (χ3n) is 3.92. The number of nitriles is 1. The minimum Gasteiger partial charge on any atom is -0.421 e. The number of ether oxygens (including phenoxy) is 1. The molecule has 2 aromatic carbocycles. The van der Waals surface area contributed by atoms with Gasteiger partial charge in [0.2, 0.25) is 11.8 Å². The monoisotopic (exact) mass is 331 g/mol. The molecule has 0 fully saturated rings. The standard InChI is InChI=1S/C19H13N3OS/c20-11-14-15(12-7-3-1-4-8-12)16-18(23-17(14)21)22-19(24-16)13-9-5-2-6-10-13/h1-10,15H,21H2. The second-order valence-corrected chi connectivity index (χ2v) is 6.42. The Morgan fingerprint density at radius 2 is 1.71 bits per heavy atom. The Kier molecular flexibility index (Phi) is 3.52. The van der Waals surface area contributed by atoms with Crippen LogP contribution in [0.1, 0.15) is 16.4 Å². The van der Waals surface area contributed by atoms with E-state index in [-0.39, 0.29) is 11.8 Å². The van der Waals surface area contributed by atoms with Gasteiger partial charge >= 0.3 is 0 Å². The molecule has 1 aliphatic heterocycles. The number of rotatable bonds is 2. The van der Waals surface area contributed by atoms with E-state index in [1.165, 1.54) is 11.3 Å². The van der Waals surface area contributed by atoms with Crippen LogP contribution in [0, 0.1) is 11.3 Å². The summed E-state index contributed by atoms with van der Waals surface area (Å²) in [7, 11) is 0. The summed E-state index contributed by atoms with van der Waals surface area (Å²) in [5.74, 6) is 0.378. The number of nitrogens with two attached hydrogens (primary N) is 1. The van der Waals surface area contributed by atoms with Crippen molar-refractivity contribution in [3.63, 3.8) is 0 Å². The fourth-order valence-corrected chi connectivity index (χ4v) is 3.93. The Balaban J connectivity index is 1.88. The number of hydrogen-bond acceptors (Lipinski definition) is 5. The topological polar surface area (TPSA) is 71.9 Å². The second-order valence-electron chi connectivity index (χ2n) is 5.39. The van der Waals surface area contributed by atoms with Gasteiger partial charge in [0, 0.05) is 5.56 Å². The Bertz CT molecular complexity index is 955. The van der Waals surface area contributed by atoms with Gasteiger partial charge in [0.05, 0.1) is 10.8 Å². The molecule has 4 rings (SSSR count). The highest BCUT2D eigenvalue weighted by molar-refractivity contribution is 7.15. The van der Waals surface area contributed by atoms with Crippen molar-refractivity contribution in [2.75, 3.05) is 0 Å². The van der Waals surface area contributed by atoms with Crippen LogP contribution in [0.3, 0.4) is 0 Å². The van der Waals surface area contributed by atoms with E-state index in [0.29, 0.717) is 11.5 Å². The van der Waals surface area contributed by atoms with E-state index in [1.54, 1.807) is 0 Å². The van der Waals surface area contributed by atoms with E-state index in [9.17, 15) is 5.26 Å². The molecule has 5 heteroatoms. The minimum absolute atomic E-state index is 0.128. The number of allylic oxidation sites excluding steroid dienone is 1. The van der Waals surface area contributed by atoms with Gasteiger partial charge in [-0.15, -0.1) is 11.3 Å². The molecule has 0 bridgehead atoms. The zero-order chi connectivity index (χ0) is 16.5. The van der Waals surface area contributed by atoms with Crippen molar-refractivity contribution in [3.05, 3.63) is 82.6 Å². The number of thiazole rings is 1. The van der Waals surface area contributed by atoms with E-state index in [0.717, 1.165) is 21.0 Å². The van der Waals surface area contributed by atoms with Gasteiger partial charge in [0.15, 0.2) is 0 Å². The molecule has 2 N–H and O–H groups in total. The summed E-state index contributed by atoms with van der Waals surface area (Å²) in [5, 5.41) is 10.4. The first-order chi connectivity index (χ1) is 11.8. The fourth-order valence-electron chi connectivity index (χ4n) is 2.79. The molecular formula is C19H13N3OS. The zero-order valence-corrected chi connectivity index (χ0v) is 13.5. The predicted molar refractivity (Wildman–Crippen MR) is 93.3 cm³/mol. The molecule has 116 valence electrons. The first-order valence-corrected chi connectivity index (χ1v) is 8.28. The van der Waals surface area contributed by atoms with Gasteiger partial charge in [-0.05, 0) is 5.56 Å². The molecule has 0 aliphatic carbocycles. The van der Waals surface area contributed by atoms with Crippen LogP contribution in [0.4, 0.5) is 0 Å². The first kappa shape index (κ1) is 14.5. The van der Waals surface area contributed by atoms with Crippen LogP contribution in [0.15, 0.2) is 72.1 Å². The lowest BCUT2D eigenvalue weighted by Crippen LogP contribution is -2.20. The molecular weight excluding hydrogens is 318 g/mol. The van der Waals surface area contributed by atoms with Crippen molar-refractivity contribution in [1.82, 2.24) is 4.98 Å². The van der Waals surface area contributed by atoms with Crippen LogP contribution in [0.25, 0.3) is 10.6 Å². The SMILES string of the molecule is N#CC1=C(N)Oc2nc(-c3ccccc3)sc2C1c1ccccc1. The predicted octanol–water partition coefficient (Wildman–Crippen LogP) is 4.03. The van der Waals surface area contributed by atoms with Crippen molar-refractivity contribution >= 4 is 11.3 Å². The molecule has 3 aromatic rings. The third kappa shape index (κ3) is 2.34. The summed E-state index contributed by atoms with van der Waals surface area (Å²) in [5.41, 5.74) is 8.43. The summed E-state index contributed by atoms with van der Waals surface area (Å²) >= 11 is 1.54. The summed E-state index contributed by atoms with van der Waals surface area (Å²) < 4.78 is 5.62. The lowest BCUT2D eigenvalue weighted by Gasteiger charge is -2.22. The number of nitrogens with zero attached hydrogens (tertiary/aromatic N) is 2. The molecule has 2 heterocycles. The Labute approximate surface area is 143 Å². The van der Waals surface area contributed by atoms with Gasteiger partial charge in [-0.2, -0.15) is 5.26 Å². The summed E-state index contributed by atoms with van der Waals surface area (Å²) in [6.45, 7) is 0.